The van der Waals surface area contributed by atoms with E-state index >= 15 is 0 Å². The molecule has 0 fully saturated rings. The summed E-state index contributed by atoms with van der Waals surface area (Å²) < 4.78 is 24.5. The van der Waals surface area contributed by atoms with E-state index in [0.29, 0.717) is 43.7 Å². The number of hydrogen-bond acceptors (Lipinski definition) is 12. The largest absolute Gasteiger partial charge is 0.514 e. The highest BCUT2D eigenvalue weighted by Crippen LogP contribution is 2.32. The van der Waals surface area contributed by atoms with Crippen LogP contribution in [0.2, 0.25) is 0 Å². The number of nitrogens with zero attached hydrogens (tertiary/aromatic N) is 2. The van der Waals surface area contributed by atoms with Crippen LogP contribution in [0, 0.1) is 0 Å². The Morgan fingerprint density at radius 3 is 1.63 bits per heavy atom. The lowest BCUT2D eigenvalue weighted by atomic mass is 10.1. The van der Waals surface area contributed by atoms with E-state index in [1.807, 2.05) is 0 Å². The molecule has 274 valence electrons. The Morgan fingerprint density at radius 1 is 0.588 bits per heavy atom. The van der Waals surface area contributed by atoms with Crippen molar-refractivity contribution in [3.63, 3.8) is 0 Å². The first-order valence-electron chi connectivity index (χ1n) is 16.9. The number of carbonyl (C=O) groups is 7. The van der Waals surface area contributed by atoms with Crippen molar-refractivity contribution in [2.75, 3.05) is 40.3 Å². The summed E-state index contributed by atoms with van der Waals surface area (Å²) in [6.07, 6.45) is 5.03. The van der Waals surface area contributed by atoms with E-state index in [-0.39, 0.29) is 41.3 Å². The third kappa shape index (κ3) is 10.7. The summed E-state index contributed by atoms with van der Waals surface area (Å²) in [6.45, 7) is 1.73. The molecule has 0 radical (unpaired) electrons. The molecule has 0 unspecified atom stereocenters. The molecule has 0 saturated carbocycles. The zero-order valence-corrected chi connectivity index (χ0v) is 28.7. The van der Waals surface area contributed by atoms with Crippen molar-refractivity contribution < 1.29 is 57.2 Å². The number of hydrogen-bond donors (Lipinski definition) is 2. The highest BCUT2D eigenvalue weighted by molar-refractivity contribution is 6.22. The lowest BCUT2D eigenvalue weighted by Gasteiger charge is -2.13. The molecular formula is C35H42N4O12. The minimum Gasteiger partial charge on any atom is -0.457 e. The zero-order valence-electron chi connectivity index (χ0n) is 28.7. The first-order valence-corrected chi connectivity index (χ1v) is 16.9. The third-order valence-corrected chi connectivity index (χ3v) is 8.10. The molecule has 2 aliphatic rings. The van der Waals surface area contributed by atoms with Gasteiger partial charge in [-0.15, -0.1) is 0 Å². The number of unbranched alkanes of at least 4 members (excludes halogenated alkanes) is 7. The molecule has 2 aliphatic heterocycles. The molecule has 0 bridgehead atoms. The summed E-state index contributed by atoms with van der Waals surface area (Å²) in [7, 11) is 1.40. The molecule has 6 amide bonds. The highest BCUT2D eigenvalue weighted by atomic mass is 16.8. The highest BCUT2D eigenvalue weighted by Gasteiger charge is 2.36. The van der Waals surface area contributed by atoms with Gasteiger partial charge in [0.15, 0.2) is 0 Å². The number of rotatable bonds is 19. The Hall–Kier alpha value is -5.67. The van der Waals surface area contributed by atoms with Crippen molar-refractivity contribution in [1.82, 2.24) is 20.4 Å². The predicted octanol–water partition coefficient (Wildman–Crippen LogP) is 5.35. The van der Waals surface area contributed by atoms with Gasteiger partial charge in [-0.3, -0.25) is 29.0 Å². The second-order valence-corrected chi connectivity index (χ2v) is 11.8. The minimum absolute atomic E-state index is 0.212. The van der Waals surface area contributed by atoms with Crippen LogP contribution >= 0.6 is 0 Å². The van der Waals surface area contributed by atoms with Gasteiger partial charge in [-0.2, -0.15) is 0 Å². The first-order chi connectivity index (χ1) is 24.6. The Labute approximate surface area is 294 Å². The zero-order chi connectivity index (χ0) is 36.8. The molecule has 2 aromatic carbocycles. The Morgan fingerprint density at radius 2 is 1.06 bits per heavy atom. The fourth-order valence-electron chi connectivity index (χ4n) is 5.34. The maximum atomic E-state index is 13.0. The van der Waals surface area contributed by atoms with Crippen molar-refractivity contribution in [2.24, 2.45) is 0 Å². The van der Waals surface area contributed by atoms with E-state index < -0.39 is 49.6 Å². The summed E-state index contributed by atoms with van der Waals surface area (Å²) >= 11 is 0. The first kappa shape index (κ1) is 38.1. The van der Waals surface area contributed by atoms with Crippen LogP contribution in [0.25, 0.3) is 0 Å². The molecule has 16 heteroatoms. The van der Waals surface area contributed by atoms with Gasteiger partial charge in [-0.05, 0) is 55.7 Å². The summed E-state index contributed by atoms with van der Waals surface area (Å²) in [6, 6.07) is 9.10. The Bertz CT molecular complexity index is 1630. The van der Waals surface area contributed by atoms with Crippen LogP contribution in [0.5, 0.6) is 11.5 Å². The number of nitrogens with one attached hydrogen (secondary N) is 2. The summed E-state index contributed by atoms with van der Waals surface area (Å²) in [5.41, 5.74) is 0.997. The number of carbonyl (C=O) groups excluding carboxylic acids is 7. The Kier molecular flexibility index (Phi) is 14.1. The molecule has 0 saturated heterocycles. The molecule has 4 rings (SSSR count). The van der Waals surface area contributed by atoms with Crippen LogP contribution < -0.4 is 15.4 Å². The summed E-state index contributed by atoms with van der Waals surface area (Å²) in [5, 5.41) is 5.06. The van der Waals surface area contributed by atoms with Crippen molar-refractivity contribution >= 4 is 42.0 Å². The van der Waals surface area contributed by atoms with Crippen LogP contribution in [0.4, 0.5) is 14.4 Å². The van der Waals surface area contributed by atoms with Crippen LogP contribution in [-0.2, 0) is 18.9 Å². The van der Waals surface area contributed by atoms with E-state index in [0.717, 1.165) is 37.0 Å². The third-order valence-electron chi connectivity index (χ3n) is 8.10. The number of alkyl carbamates (subject to hydrolysis) is 2. The second-order valence-electron chi connectivity index (χ2n) is 11.8. The number of fused-ring (bicyclic) bond motifs is 2. The minimum atomic E-state index is -1.18. The van der Waals surface area contributed by atoms with E-state index in [1.165, 1.54) is 36.2 Å². The normalized spacial score (nSPS) is 13.1. The van der Waals surface area contributed by atoms with E-state index in [2.05, 4.69) is 27.0 Å². The van der Waals surface area contributed by atoms with Crippen LogP contribution in [0.15, 0.2) is 36.4 Å². The maximum absolute atomic E-state index is 13.0. The smallest absolute Gasteiger partial charge is 0.457 e. The average Bonchev–Trinajstić information content (AvgIpc) is 3.48. The number of amides is 6. The molecule has 0 spiro atoms. The maximum Gasteiger partial charge on any atom is 0.514 e. The van der Waals surface area contributed by atoms with Gasteiger partial charge in [0.05, 0.1) is 22.3 Å². The van der Waals surface area contributed by atoms with Gasteiger partial charge < -0.3 is 34.3 Å². The van der Waals surface area contributed by atoms with Gasteiger partial charge in [0.2, 0.25) is 13.6 Å². The number of benzene rings is 2. The summed E-state index contributed by atoms with van der Waals surface area (Å²) in [5.74, 6) is -1.05. The van der Waals surface area contributed by atoms with Crippen LogP contribution in [0.3, 0.4) is 0 Å². The van der Waals surface area contributed by atoms with E-state index in [4.69, 9.17) is 14.2 Å². The molecule has 2 heterocycles. The molecule has 0 atom stereocenters. The quantitative estimate of drug-likeness (QED) is 0.0822. The average molecular weight is 711 g/mol. The van der Waals surface area contributed by atoms with Gasteiger partial charge in [0.25, 0.3) is 23.6 Å². The van der Waals surface area contributed by atoms with Gasteiger partial charge in [0.1, 0.15) is 11.5 Å². The van der Waals surface area contributed by atoms with E-state index in [1.54, 1.807) is 12.1 Å². The van der Waals surface area contributed by atoms with Gasteiger partial charge in [-0.1, -0.05) is 45.4 Å². The van der Waals surface area contributed by atoms with Crippen molar-refractivity contribution in [3.8, 4) is 11.5 Å². The van der Waals surface area contributed by atoms with Crippen molar-refractivity contribution in [2.45, 2.75) is 64.7 Å². The summed E-state index contributed by atoms with van der Waals surface area (Å²) in [4.78, 5) is 87.4. The topological polar surface area (TPSA) is 196 Å². The number of imide groups is 2. The van der Waals surface area contributed by atoms with Crippen molar-refractivity contribution in [1.29, 1.82) is 0 Å². The fourth-order valence-corrected chi connectivity index (χ4v) is 5.34. The lowest BCUT2D eigenvalue weighted by Crippen LogP contribution is -2.30. The standard InChI is InChI=1S/C35H42N4O12/c1-3-4-5-6-9-16-36-33(44)47-21-49-35(46)50-22-48-34(45)37-17-10-7-8-11-18-39-31(42)26-15-13-24(20-28(26)32(39)43)51-23-12-14-25-27(19-23)30(41)38(2)29(25)40/h12-15,19-20H,3-11,16-18,21-22H2,1-2H3,(H,36,44)(H,37,45). The number of ether oxygens (including phenoxy) is 5. The van der Waals surface area contributed by atoms with Crippen molar-refractivity contribution in [3.05, 3.63) is 58.7 Å². The fraction of sp³-hybridized carbons (Fsp3) is 0.457. The molecule has 51 heavy (non-hydrogen) atoms. The van der Waals surface area contributed by atoms with E-state index in [9.17, 15) is 33.6 Å². The lowest BCUT2D eigenvalue weighted by molar-refractivity contribution is -0.0466. The molecule has 2 N–H and O–H groups in total. The van der Waals surface area contributed by atoms with Gasteiger partial charge in [-0.25, -0.2) is 14.4 Å². The van der Waals surface area contributed by atoms with Crippen LogP contribution in [0.1, 0.15) is 106 Å². The molecule has 2 aromatic rings. The Balaban J connectivity index is 1.04. The predicted molar refractivity (Wildman–Crippen MR) is 178 cm³/mol. The second kappa shape index (κ2) is 18.9. The van der Waals surface area contributed by atoms with Gasteiger partial charge >= 0.3 is 18.3 Å². The van der Waals surface area contributed by atoms with Crippen LogP contribution in [-0.4, -0.2) is 92.0 Å². The van der Waals surface area contributed by atoms with Gasteiger partial charge in [0, 0.05) is 26.7 Å². The molecule has 0 aliphatic carbocycles. The molecular weight excluding hydrogens is 668 g/mol. The molecule has 16 nitrogen and oxygen atoms in total. The monoisotopic (exact) mass is 710 g/mol. The SMILES string of the molecule is CCCCCCCNC(=O)OCOC(=O)OCOC(=O)NCCCCCCN1C(=O)c2ccc(Oc3ccc4c(c3)C(=O)N(C)C4=O)cc2C1=O. The molecule has 0 aromatic heterocycles.